The quantitative estimate of drug-likeness (QED) is 0.623. The Morgan fingerprint density at radius 3 is 2.60 bits per heavy atom. The van der Waals surface area contributed by atoms with Gasteiger partial charge in [0.25, 0.3) is 0 Å². The molecule has 2 unspecified atom stereocenters. The zero-order valence-corrected chi connectivity index (χ0v) is 10.1. The molecule has 15 heavy (non-hydrogen) atoms. The molecule has 0 aromatic rings. The average molecular weight is 238 g/mol. The van der Waals surface area contributed by atoms with Gasteiger partial charge in [-0.25, -0.2) is 0 Å². The predicted octanol–water partition coefficient (Wildman–Crippen LogP) is 1.33. The first kappa shape index (κ1) is 14.8. The molecule has 90 valence electrons. The Labute approximate surface area is 90.0 Å². The monoisotopic (exact) mass is 238 g/mol. The number of aliphatic hydroxyl groups excluding tert-OH is 1. The van der Waals surface area contributed by atoms with Gasteiger partial charge in [0.05, 0.1) is 6.10 Å². The third kappa shape index (κ3) is 7.68. The second-order valence-corrected chi connectivity index (χ2v) is 5.29. The molecule has 0 spiro atoms. The van der Waals surface area contributed by atoms with Crippen molar-refractivity contribution >= 4 is 13.4 Å². The molecule has 0 aliphatic rings. The molecule has 2 atom stereocenters. The fourth-order valence-electron chi connectivity index (χ4n) is 0.971. The van der Waals surface area contributed by atoms with E-state index in [4.69, 9.17) is 9.63 Å². The summed E-state index contributed by atoms with van der Waals surface area (Å²) in [6.07, 6.45) is 0.270. The van der Waals surface area contributed by atoms with E-state index in [0.717, 1.165) is 0 Å². The number of Topliss-reactive ketones (excluding diaryl/α,β-unsaturated/α-hetero) is 1. The molecule has 5 nitrogen and oxygen atoms in total. The lowest BCUT2D eigenvalue weighted by Crippen LogP contribution is -2.12. The number of aliphatic hydroxyl groups is 1. The Bertz CT molecular complexity index is 241. The summed E-state index contributed by atoms with van der Waals surface area (Å²) in [6.45, 7) is 3.42. The summed E-state index contributed by atoms with van der Waals surface area (Å²) in [5.41, 5.74) is 0. The maximum atomic E-state index is 11.4. The molecule has 2 N–H and O–H groups in total. The number of rotatable bonds is 8. The first-order valence-electron chi connectivity index (χ1n) is 5.04. The van der Waals surface area contributed by atoms with Gasteiger partial charge in [0, 0.05) is 13.0 Å². The summed E-state index contributed by atoms with van der Waals surface area (Å²) in [5, 5.41) is 8.48. The van der Waals surface area contributed by atoms with Crippen LogP contribution in [0.2, 0.25) is 0 Å². The highest BCUT2D eigenvalue weighted by atomic mass is 31.2. The van der Waals surface area contributed by atoms with Crippen molar-refractivity contribution in [3.63, 3.8) is 0 Å². The third-order valence-corrected chi connectivity index (χ3v) is 3.35. The van der Waals surface area contributed by atoms with Crippen molar-refractivity contribution in [1.29, 1.82) is 0 Å². The first-order chi connectivity index (χ1) is 6.91. The van der Waals surface area contributed by atoms with Crippen LogP contribution < -0.4 is 0 Å². The van der Waals surface area contributed by atoms with Crippen LogP contribution in [0.15, 0.2) is 0 Å². The van der Waals surface area contributed by atoms with Crippen LogP contribution in [0.25, 0.3) is 0 Å². The van der Waals surface area contributed by atoms with Gasteiger partial charge in [-0.3, -0.25) is 9.36 Å². The summed E-state index contributed by atoms with van der Waals surface area (Å²) in [5.74, 6) is -0.349. The second kappa shape index (κ2) is 7.12. The van der Waals surface area contributed by atoms with E-state index in [1.54, 1.807) is 6.92 Å². The van der Waals surface area contributed by atoms with Crippen LogP contribution in [0.1, 0.15) is 33.1 Å². The van der Waals surface area contributed by atoms with Gasteiger partial charge in [-0.1, -0.05) is 6.92 Å². The number of hydrogen-bond donors (Lipinski definition) is 2. The Hall–Kier alpha value is -0.220. The number of hydrogen-bond acceptors (Lipinski definition) is 4. The maximum absolute atomic E-state index is 11.4. The summed E-state index contributed by atoms with van der Waals surface area (Å²) < 4.78 is 16.3. The predicted molar refractivity (Wildman–Crippen MR) is 56.9 cm³/mol. The average Bonchev–Trinajstić information content (AvgIpc) is 2.12. The minimum atomic E-state index is -3.79. The molecule has 0 heterocycles. The van der Waals surface area contributed by atoms with E-state index in [-0.39, 0.29) is 24.9 Å². The van der Waals surface area contributed by atoms with Gasteiger partial charge in [0.15, 0.2) is 0 Å². The van der Waals surface area contributed by atoms with E-state index in [1.165, 1.54) is 0 Å². The lowest BCUT2D eigenvalue weighted by Gasteiger charge is -2.15. The molecule has 0 aromatic heterocycles. The zero-order valence-electron chi connectivity index (χ0n) is 9.18. The Morgan fingerprint density at radius 1 is 1.53 bits per heavy atom. The van der Waals surface area contributed by atoms with Crippen LogP contribution in [-0.4, -0.2) is 34.7 Å². The van der Waals surface area contributed by atoms with E-state index in [0.29, 0.717) is 12.8 Å². The SMILES string of the molecule is CCC(C)OP(=O)(O)CC(=O)CCCO. The molecule has 0 aromatic carbocycles. The van der Waals surface area contributed by atoms with Crippen molar-refractivity contribution in [1.82, 2.24) is 0 Å². The van der Waals surface area contributed by atoms with Crippen molar-refractivity contribution in [3.8, 4) is 0 Å². The lowest BCUT2D eigenvalue weighted by atomic mass is 10.2. The molecule has 0 rings (SSSR count). The molecule has 0 saturated carbocycles. The third-order valence-electron chi connectivity index (χ3n) is 1.91. The Kier molecular flexibility index (Phi) is 7.02. The molecule has 0 bridgehead atoms. The summed E-state index contributed by atoms with van der Waals surface area (Å²) in [4.78, 5) is 20.5. The fraction of sp³-hybridized carbons (Fsp3) is 0.889. The molecule has 0 fully saturated rings. The second-order valence-electron chi connectivity index (χ2n) is 3.49. The molecular formula is C9H19O5P. The van der Waals surface area contributed by atoms with Gasteiger partial charge in [0.2, 0.25) is 0 Å². The highest BCUT2D eigenvalue weighted by Gasteiger charge is 2.25. The largest absolute Gasteiger partial charge is 0.396 e. The number of carbonyl (C=O) groups is 1. The van der Waals surface area contributed by atoms with Crippen LogP contribution in [0.5, 0.6) is 0 Å². The normalized spacial score (nSPS) is 17.1. The number of ketones is 1. The highest BCUT2D eigenvalue weighted by Crippen LogP contribution is 2.43. The maximum Gasteiger partial charge on any atom is 0.335 e. The van der Waals surface area contributed by atoms with Gasteiger partial charge in [0.1, 0.15) is 11.9 Å². The van der Waals surface area contributed by atoms with Gasteiger partial charge >= 0.3 is 7.60 Å². The smallest absolute Gasteiger partial charge is 0.335 e. The van der Waals surface area contributed by atoms with Crippen LogP contribution in [0.3, 0.4) is 0 Å². The van der Waals surface area contributed by atoms with E-state index < -0.39 is 13.8 Å². The van der Waals surface area contributed by atoms with E-state index in [9.17, 15) is 14.3 Å². The van der Waals surface area contributed by atoms with Gasteiger partial charge in [-0.15, -0.1) is 0 Å². The Morgan fingerprint density at radius 2 is 2.13 bits per heavy atom. The molecule has 0 radical (unpaired) electrons. The van der Waals surface area contributed by atoms with Crippen molar-refractivity contribution in [3.05, 3.63) is 0 Å². The van der Waals surface area contributed by atoms with Crippen LogP contribution in [0, 0.1) is 0 Å². The standard InChI is InChI=1S/C9H19O5P/c1-3-8(2)14-15(12,13)7-9(11)5-4-6-10/h8,10H,3-7H2,1-2H3,(H,12,13). The van der Waals surface area contributed by atoms with Crippen molar-refractivity contribution in [2.75, 3.05) is 12.8 Å². The summed E-state index contributed by atoms with van der Waals surface area (Å²) >= 11 is 0. The van der Waals surface area contributed by atoms with Crippen molar-refractivity contribution in [2.45, 2.75) is 39.2 Å². The minimum Gasteiger partial charge on any atom is -0.396 e. The van der Waals surface area contributed by atoms with E-state index >= 15 is 0 Å². The topological polar surface area (TPSA) is 83.8 Å². The van der Waals surface area contributed by atoms with E-state index in [1.807, 2.05) is 6.92 Å². The first-order valence-corrected chi connectivity index (χ1v) is 6.80. The lowest BCUT2D eigenvalue weighted by molar-refractivity contribution is -0.117. The minimum absolute atomic E-state index is 0.0896. The van der Waals surface area contributed by atoms with Crippen LogP contribution in [0.4, 0.5) is 0 Å². The summed E-state index contributed by atoms with van der Waals surface area (Å²) in [7, 11) is -3.79. The Balaban J connectivity index is 4.02. The fourth-order valence-corrected chi connectivity index (χ4v) is 2.36. The van der Waals surface area contributed by atoms with Crippen LogP contribution in [-0.2, 0) is 13.9 Å². The molecule has 0 aliphatic heterocycles. The van der Waals surface area contributed by atoms with Crippen molar-refractivity contribution in [2.24, 2.45) is 0 Å². The summed E-state index contributed by atoms with van der Waals surface area (Å²) in [6, 6.07) is 0. The van der Waals surface area contributed by atoms with Crippen molar-refractivity contribution < 1.29 is 23.9 Å². The van der Waals surface area contributed by atoms with E-state index in [2.05, 4.69) is 0 Å². The van der Waals surface area contributed by atoms with Crippen LogP contribution >= 0.6 is 7.60 Å². The van der Waals surface area contributed by atoms with Gasteiger partial charge in [-0.05, 0) is 19.8 Å². The molecule has 0 saturated heterocycles. The molecule has 0 amide bonds. The zero-order chi connectivity index (χ0) is 11.9. The van der Waals surface area contributed by atoms with Gasteiger partial charge < -0.3 is 14.5 Å². The van der Waals surface area contributed by atoms with Gasteiger partial charge in [-0.2, -0.15) is 0 Å². The number of carbonyl (C=O) groups excluding carboxylic acids is 1. The molecule has 6 heteroatoms. The molecule has 0 aliphatic carbocycles. The highest BCUT2D eigenvalue weighted by molar-refractivity contribution is 7.53. The molecular weight excluding hydrogens is 219 g/mol.